The summed E-state index contributed by atoms with van der Waals surface area (Å²) in [6.45, 7) is 16.0. The van der Waals surface area contributed by atoms with Crippen LogP contribution in [-0.4, -0.2) is 46.2 Å². The van der Waals surface area contributed by atoms with E-state index >= 15 is 0 Å². The Morgan fingerprint density at radius 3 is 2.09 bits per heavy atom. The lowest BCUT2D eigenvalue weighted by Gasteiger charge is -2.40. The molecule has 0 unspecified atom stereocenters. The minimum absolute atomic E-state index is 0.000650. The Balaban J connectivity index is 1.88. The number of carboxylic acid groups (broad SMARTS) is 1. The van der Waals surface area contributed by atoms with Gasteiger partial charge in [0.25, 0.3) is 0 Å². The Morgan fingerprint density at radius 2 is 1.52 bits per heavy atom. The fourth-order valence-corrected chi connectivity index (χ4v) is 6.38. The lowest BCUT2D eigenvalue weighted by Crippen LogP contribution is -2.47. The number of sulfonamides is 1. The third-order valence-corrected chi connectivity index (χ3v) is 13.0. The highest BCUT2D eigenvalue weighted by Crippen LogP contribution is 2.41. The van der Waals surface area contributed by atoms with E-state index in [4.69, 9.17) is 14.3 Å². The summed E-state index contributed by atoms with van der Waals surface area (Å²) in [5.41, 5.74) is 3.74. The van der Waals surface area contributed by atoms with Crippen molar-refractivity contribution in [1.29, 1.82) is 0 Å². The molecule has 8 nitrogen and oxygen atoms in total. The molecule has 0 heterocycles. The quantitative estimate of drug-likeness (QED) is 0.154. The lowest BCUT2D eigenvalue weighted by molar-refractivity contribution is -0.136. The monoisotopic (exact) mass is 640 g/mol. The van der Waals surface area contributed by atoms with Crippen LogP contribution in [0.5, 0.6) is 5.75 Å². The number of benzene rings is 3. The van der Waals surface area contributed by atoms with Gasteiger partial charge in [0.2, 0.25) is 10.0 Å². The Kier molecular flexibility index (Phi) is 11.5. The van der Waals surface area contributed by atoms with Crippen LogP contribution in [0.1, 0.15) is 63.0 Å². The predicted octanol–water partition coefficient (Wildman–Crippen LogP) is 6.94. The summed E-state index contributed by atoms with van der Waals surface area (Å²) in [6, 6.07) is 23.0. The van der Waals surface area contributed by atoms with Crippen LogP contribution < -0.4 is 14.8 Å². The van der Waals surface area contributed by atoms with Crippen LogP contribution in [0.3, 0.4) is 0 Å². The number of ether oxygens (including phenoxy) is 1. The highest BCUT2D eigenvalue weighted by Gasteiger charge is 2.40. The molecule has 3 N–H and O–H groups in total. The third-order valence-electron chi connectivity index (χ3n) is 7.94. The van der Waals surface area contributed by atoms with Gasteiger partial charge in [-0.15, -0.1) is 0 Å². The van der Waals surface area contributed by atoms with Crippen molar-refractivity contribution in [3.63, 3.8) is 0 Å². The summed E-state index contributed by atoms with van der Waals surface area (Å²) in [7, 11) is -5.81. The van der Waals surface area contributed by atoms with E-state index in [0.29, 0.717) is 24.6 Å². The van der Waals surface area contributed by atoms with Crippen molar-refractivity contribution in [2.24, 2.45) is 0 Å². The van der Waals surface area contributed by atoms with Crippen LogP contribution >= 0.6 is 0 Å². The van der Waals surface area contributed by atoms with E-state index in [-0.39, 0.29) is 23.1 Å². The number of nitrogens with one attached hydrogen (secondary N) is 2. The van der Waals surface area contributed by atoms with E-state index in [2.05, 4.69) is 57.8 Å². The average Bonchev–Trinajstić information content (AvgIpc) is 2.90. The van der Waals surface area contributed by atoms with Gasteiger partial charge in [0, 0.05) is 12.1 Å². The van der Waals surface area contributed by atoms with Gasteiger partial charge < -0.3 is 19.6 Å². The minimum atomic E-state index is -3.57. The molecule has 0 aliphatic carbocycles. The molecule has 3 rings (SSSR count). The third kappa shape index (κ3) is 11.1. The fraction of sp³-hybridized carbons (Fsp3) is 0.441. The molecule has 0 saturated heterocycles. The van der Waals surface area contributed by atoms with E-state index in [9.17, 15) is 13.2 Å². The Labute approximate surface area is 264 Å². The van der Waals surface area contributed by atoms with Gasteiger partial charge in [-0.2, -0.15) is 0 Å². The van der Waals surface area contributed by atoms with Crippen molar-refractivity contribution in [3.8, 4) is 5.75 Å². The number of aliphatic carboxylic acids is 1. The molecule has 10 heteroatoms. The maximum absolute atomic E-state index is 12.3. The summed E-state index contributed by atoms with van der Waals surface area (Å²) in [6.07, 6.45) is 1.50. The van der Waals surface area contributed by atoms with Gasteiger partial charge in [-0.05, 0) is 72.8 Å². The lowest BCUT2D eigenvalue weighted by atomic mass is 9.93. The molecule has 1 atom stereocenters. The van der Waals surface area contributed by atoms with Crippen molar-refractivity contribution < 1.29 is 27.5 Å². The van der Waals surface area contributed by atoms with Crippen LogP contribution in [-0.2, 0) is 38.7 Å². The van der Waals surface area contributed by atoms with Crippen LogP contribution in [0.4, 0.5) is 5.69 Å². The maximum atomic E-state index is 12.3. The molecule has 0 aromatic heterocycles. The van der Waals surface area contributed by atoms with Crippen molar-refractivity contribution in [2.75, 3.05) is 17.5 Å². The molecule has 0 spiro atoms. The second-order valence-electron chi connectivity index (χ2n) is 13.6. The average molecular weight is 641 g/mol. The molecule has 0 aliphatic rings. The van der Waals surface area contributed by atoms with Gasteiger partial charge in [0.05, 0.1) is 24.5 Å². The van der Waals surface area contributed by atoms with E-state index in [1.54, 1.807) is 6.07 Å². The van der Waals surface area contributed by atoms with Gasteiger partial charge in [0.15, 0.2) is 8.32 Å². The van der Waals surface area contributed by atoms with E-state index in [1.807, 2.05) is 66.7 Å². The molecule has 240 valence electrons. The van der Waals surface area contributed by atoms with Crippen molar-refractivity contribution in [3.05, 3.63) is 95.1 Å². The zero-order chi connectivity index (χ0) is 32.8. The molecule has 0 amide bonds. The second kappa shape index (κ2) is 14.3. The summed E-state index contributed by atoms with van der Waals surface area (Å²) < 4.78 is 40.3. The molecular formula is C34H48N2O6SSi. The first-order chi connectivity index (χ1) is 20.3. The van der Waals surface area contributed by atoms with Crippen molar-refractivity contribution in [1.82, 2.24) is 5.32 Å². The summed E-state index contributed by atoms with van der Waals surface area (Å²) in [5, 5.41) is 12.7. The minimum Gasteiger partial charge on any atom is -0.487 e. The van der Waals surface area contributed by atoms with Crippen molar-refractivity contribution in [2.45, 2.75) is 83.8 Å². The van der Waals surface area contributed by atoms with Crippen LogP contribution in [0.25, 0.3) is 0 Å². The van der Waals surface area contributed by atoms with Gasteiger partial charge >= 0.3 is 5.97 Å². The van der Waals surface area contributed by atoms with Gasteiger partial charge in [-0.3, -0.25) is 9.52 Å². The van der Waals surface area contributed by atoms with E-state index < -0.39 is 24.3 Å². The smallest absolute Gasteiger partial charge is 0.307 e. The molecule has 3 aromatic carbocycles. The van der Waals surface area contributed by atoms with Gasteiger partial charge in [0.1, 0.15) is 12.4 Å². The van der Waals surface area contributed by atoms with Crippen LogP contribution in [0.15, 0.2) is 72.8 Å². The number of anilines is 1. The number of hydrogen-bond donors (Lipinski definition) is 3. The van der Waals surface area contributed by atoms with E-state index in [0.717, 1.165) is 34.9 Å². The molecular weight excluding hydrogens is 593 g/mol. The highest BCUT2D eigenvalue weighted by molar-refractivity contribution is 7.92. The summed E-state index contributed by atoms with van der Waals surface area (Å²) in [4.78, 5) is 11.0. The zero-order valence-electron chi connectivity index (χ0n) is 27.2. The molecule has 3 aromatic rings. The highest BCUT2D eigenvalue weighted by atomic mass is 32.2. The fourth-order valence-electron chi connectivity index (χ4n) is 4.54. The van der Waals surface area contributed by atoms with Crippen LogP contribution in [0.2, 0.25) is 18.1 Å². The topological polar surface area (TPSA) is 114 Å². The summed E-state index contributed by atoms with van der Waals surface area (Å²) in [5.74, 6) is -0.410. The number of rotatable bonds is 15. The molecule has 0 radical (unpaired) electrons. The number of carboxylic acids is 1. The SMILES string of the molecule is CC(C)(Cc1ccc(CC(=O)O)cc1)NC[C@@H](O[Si](C)(C)C(C)(C)C)c1ccc(OCc2ccccc2)c(NS(C)(=O)=O)c1. The maximum Gasteiger partial charge on any atom is 0.307 e. The van der Waals surface area contributed by atoms with Crippen LogP contribution in [0, 0.1) is 0 Å². The number of hydrogen-bond acceptors (Lipinski definition) is 6. The van der Waals surface area contributed by atoms with Crippen molar-refractivity contribution >= 4 is 30.0 Å². The largest absolute Gasteiger partial charge is 0.487 e. The molecule has 0 saturated carbocycles. The zero-order valence-corrected chi connectivity index (χ0v) is 29.0. The summed E-state index contributed by atoms with van der Waals surface area (Å²) >= 11 is 0. The van der Waals surface area contributed by atoms with Gasteiger partial charge in [-0.25, -0.2) is 8.42 Å². The molecule has 0 bridgehead atoms. The Morgan fingerprint density at radius 1 is 0.909 bits per heavy atom. The molecule has 44 heavy (non-hydrogen) atoms. The van der Waals surface area contributed by atoms with Gasteiger partial charge in [-0.1, -0.05) is 81.4 Å². The predicted molar refractivity (Wildman–Crippen MR) is 180 cm³/mol. The first kappa shape index (κ1) is 35.3. The second-order valence-corrected chi connectivity index (χ2v) is 20.1. The first-order valence-electron chi connectivity index (χ1n) is 14.8. The normalized spacial score (nSPS) is 13.4. The Bertz CT molecular complexity index is 1500. The molecule has 0 aliphatic heterocycles. The van der Waals surface area contributed by atoms with E-state index in [1.165, 1.54) is 0 Å². The standard InChI is InChI=1S/C34H48N2O6SSi/c1-33(2,3)44(7,8)42-31(23-35-34(4,5)22-26-16-14-25(15-17-26)20-32(37)38)28-18-19-30(29(21-28)36-43(6,39)40)41-24-27-12-10-9-11-13-27/h9-19,21,31,35-36H,20,22-24H2,1-8H3,(H,37,38)/t31-/m1/s1. The Hall–Kier alpha value is -3.18. The number of carbonyl (C=O) groups is 1. The molecule has 0 fully saturated rings. The first-order valence-corrected chi connectivity index (χ1v) is 19.6.